The van der Waals surface area contributed by atoms with Crippen molar-refractivity contribution >= 4 is 11.6 Å². The molecule has 0 saturated heterocycles. The van der Waals surface area contributed by atoms with E-state index in [0.29, 0.717) is 23.0 Å². The van der Waals surface area contributed by atoms with Crippen LogP contribution in [0.15, 0.2) is 29.1 Å². The fraction of sp³-hybridized carbons (Fsp3) is 0.273. The molecule has 1 atom stereocenters. The summed E-state index contributed by atoms with van der Waals surface area (Å²) < 4.78 is 1.41. The first kappa shape index (κ1) is 11.9. The zero-order chi connectivity index (χ0) is 12.4. The van der Waals surface area contributed by atoms with E-state index < -0.39 is 0 Å². The molecule has 6 heteroatoms. The lowest BCUT2D eigenvalue weighted by Gasteiger charge is -2.11. The van der Waals surface area contributed by atoms with E-state index >= 15 is 0 Å². The Bertz CT molecular complexity index is 575. The molecule has 90 valence electrons. The summed E-state index contributed by atoms with van der Waals surface area (Å²) in [4.78, 5) is 11.7. The molecular weight excluding hydrogens is 240 g/mol. The number of aromatic nitrogens is 3. The molecule has 5 nitrogen and oxygen atoms in total. The molecule has 0 fully saturated rings. The summed E-state index contributed by atoms with van der Waals surface area (Å²) in [6.45, 7) is 1.93. The van der Waals surface area contributed by atoms with Crippen LogP contribution in [-0.4, -0.2) is 14.8 Å². The summed E-state index contributed by atoms with van der Waals surface area (Å²) in [5.41, 5.74) is 6.16. The molecule has 2 aromatic rings. The van der Waals surface area contributed by atoms with Crippen molar-refractivity contribution in [3.05, 3.63) is 45.6 Å². The lowest BCUT2D eigenvalue weighted by molar-refractivity contribution is 0.631. The number of nitrogens with one attached hydrogen (secondary N) is 1. The highest BCUT2D eigenvalue weighted by Gasteiger charge is 2.17. The number of hydrogen-bond acceptors (Lipinski definition) is 3. The predicted molar refractivity (Wildman–Crippen MR) is 66.4 cm³/mol. The summed E-state index contributed by atoms with van der Waals surface area (Å²) >= 11 is 6.07. The van der Waals surface area contributed by atoms with Gasteiger partial charge >= 0.3 is 5.69 Å². The van der Waals surface area contributed by atoms with Crippen molar-refractivity contribution < 1.29 is 0 Å². The van der Waals surface area contributed by atoms with Gasteiger partial charge < -0.3 is 5.73 Å². The minimum absolute atomic E-state index is 0.301. The molecule has 0 radical (unpaired) electrons. The number of halogens is 1. The van der Waals surface area contributed by atoms with Gasteiger partial charge in [-0.2, -0.15) is 5.10 Å². The van der Waals surface area contributed by atoms with Crippen LogP contribution in [0.4, 0.5) is 0 Å². The Hall–Kier alpha value is -1.59. The number of nitrogens with two attached hydrogens (primary N) is 1. The van der Waals surface area contributed by atoms with Gasteiger partial charge in [0.15, 0.2) is 5.82 Å². The Morgan fingerprint density at radius 2 is 2.24 bits per heavy atom. The summed E-state index contributed by atoms with van der Waals surface area (Å²) in [5, 5.41) is 6.83. The van der Waals surface area contributed by atoms with Gasteiger partial charge in [0, 0.05) is 0 Å². The van der Waals surface area contributed by atoms with Crippen molar-refractivity contribution in [1.29, 1.82) is 0 Å². The molecule has 0 bridgehead atoms. The smallest absolute Gasteiger partial charge is 0.321 e. The molecule has 0 aliphatic rings. The number of hydrogen-bond donors (Lipinski definition) is 2. The van der Waals surface area contributed by atoms with E-state index in [4.69, 9.17) is 17.3 Å². The molecule has 0 amide bonds. The van der Waals surface area contributed by atoms with Crippen LogP contribution in [0.1, 0.15) is 25.2 Å². The molecule has 1 aromatic heterocycles. The zero-order valence-electron chi connectivity index (χ0n) is 9.35. The van der Waals surface area contributed by atoms with Crippen molar-refractivity contribution in [2.24, 2.45) is 5.73 Å². The van der Waals surface area contributed by atoms with Gasteiger partial charge in [-0.25, -0.2) is 14.5 Å². The van der Waals surface area contributed by atoms with Crippen molar-refractivity contribution in [2.45, 2.75) is 19.4 Å². The van der Waals surface area contributed by atoms with Crippen molar-refractivity contribution in [3.8, 4) is 5.69 Å². The molecule has 3 N–H and O–H groups in total. The minimum Gasteiger partial charge on any atom is -0.321 e. The third-order valence-corrected chi connectivity index (χ3v) is 2.88. The van der Waals surface area contributed by atoms with Crippen LogP contribution in [0, 0.1) is 0 Å². The number of para-hydroxylation sites is 1. The predicted octanol–water partition coefficient (Wildman–Crippen LogP) is 1.62. The van der Waals surface area contributed by atoms with Gasteiger partial charge in [-0.3, -0.25) is 0 Å². The van der Waals surface area contributed by atoms with Crippen LogP contribution < -0.4 is 11.4 Å². The highest BCUT2D eigenvalue weighted by atomic mass is 35.5. The lowest BCUT2D eigenvalue weighted by Crippen LogP contribution is -2.21. The van der Waals surface area contributed by atoms with E-state index in [1.807, 2.05) is 13.0 Å². The molecule has 0 aliphatic heterocycles. The molecule has 2 rings (SSSR count). The van der Waals surface area contributed by atoms with Gasteiger partial charge in [0.2, 0.25) is 0 Å². The van der Waals surface area contributed by atoms with E-state index in [2.05, 4.69) is 10.2 Å². The summed E-state index contributed by atoms with van der Waals surface area (Å²) in [6.07, 6.45) is 0.689. The Balaban J connectivity index is 2.63. The molecular formula is C11H13ClN4O. The number of aromatic amines is 1. The van der Waals surface area contributed by atoms with E-state index in [1.54, 1.807) is 18.2 Å². The van der Waals surface area contributed by atoms with Crippen LogP contribution in [-0.2, 0) is 0 Å². The fourth-order valence-electron chi connectivity index (χ4n) is 1.61. The molecule has 17 heavy (non-hydrogen) atoms. The maximum atomic E-state index is 11.7. The lowest BCUT2D eigenvalue weighted by atomic mass is 10.2. The Kier molecular flexibility index (Phi) is 3.31. The molecule has 0 spiro atoms. The Labute approximate surface area is 103 Å². The molecule has 1 unspecified atom stereocenters. The normalized spacial score (nSPS) is 12.6. The van der Waals surface area contributed by atoms with Gasteiger partial charge in [0.1, 0.15) is 0 Å². The van der Waals surface area contributed by atoms with Gasteiger partial charge in [0.05, 0.1) is 16.8 Å². The Morgan fingerprint density at radius 1 is 1.53 bits per heavy atom. The molecule has 0 aliphatic carbocycles. The number of nitrogens with zero attached hydrogens (tertiary/aromatic N) is 2. The first-order valence-corrected chi connectivity index (χ1v) is 5.70. The maximum Gasteiger partial charge on any atom is 0.348 e. The number of rotatable bonds is 3. The first-order chi connectivity index (χ1) is 8.15. The number of H-pyrrole nitrogens is 1. The highest BCUT2D eigenvalue weighted by molar-refractivity contribution is 6.32. The average molecular weight is 253 g/mol. The van der Waals surface area contributed by atoms with Gasteiger partial charge in [-0.05, 0) is 18.6 Å². The van der Waals surface area contributed by atoms with Crippen molar-refractivity contribution in [3.63, 3.8) is 0 Å². The standard InChI is InChI=1S/C11H13ClN4O/c1-2-8(13)10-14-15-11(17)16(10)9-6-4-3-5-7(9)12/h3-6,8H,2,13H2,1H3,(H,15,17). The summed E-state index contributed by atoms with van der Waals surface area (Å²) in [7, 11) is 0. The van der Waals surface area contributed by atoms with Crippen molar-refractivity contribution in [1.82, 2.24) is 14.8 Å². The quantitative estimate of drug-likeness (QED) is 0.872. The number of benzene rings is 1. The van der Waals surface area contributed by atoms with Gasteiger partial charge in [-0.1, -0.05) is 30.7 Å². The van der Waals surface area contributed by atoms with Crippen LogP contribution >= 0.6 is 11.6 Å². The topological polar surface area (TPSA) is 76.7 Å². The maximum absolute atomic E-state index is 11.7. The average Bonchev–Trinajstić information content (AvgIpc) is 2.71. The van der Waals surface area contributed by atoms with Gasteiger partial charge in [0.25, 0.3) is 0 Å². The Morgan fingerprint density at radius 3 is 2.88 bits per heavy atom. The fourth-order valence-corrected chi connectivity index (χ4v) is 1.83. The van der Waals surface area contributed by atoms with Crippen LogP contribution in [0.3, 0.4) is 0 Å². The third kappa shape index (κ3) is 2.11. The second-order valence-electron chi connectivity index (χ2n) is 3.69. The van der Waals surface area contributed by atoms with E-state index in [1.165, 1.54) is 4.57 Å². The van der Waals surface area contributed by atoms with Crippen LogP contribution in [0.25, 0.3) is 5.69 Å². The largest absolute Gasteiger partial charge is 0.348 e. The van der Waals surface area contributed by atoms with Gasteiger partial charge in [-0.15, -0.1) is 0 Å². The summed E-state index contributed by atoms with van der Waals surface area (Å²) in [5.74, 6) is 0.491. The van der Waals surface area contributed by atoms with Crippen LogP contribution in [0.5, 0.6) is 0 Å². The van der Waals surface area contributed by atoms with Crippen molar-refractivity contribution in [2.75, 3.05) is 0 Å². The molecule has 1 aromatic carbocycles. The highest BCUT2D eigenvalue weighted by Crippen LogP contribution is 2.21. The SMILES string of the molecule is CCC(N)c1n[nH]c(=O)n1-c1ccccc1Cl. The summed E-state index contributed by atoms with van der Waals surface area (Å²) in [6, 6.07) is 6.78. The van der Waals surface area contributed by atoms with Crippen LogP contribution in [0.2, 0.25) is 5.02 Å². The van der Waals surface area contributed by atoms with E-state index in [-0.39, 0.29) is 11.7 Å². The second-order valence-corrected chi connectivity index (χ2v) is 4.10. The second kappa shape index (κ2) is 4.73. The van der Waals surface area contributed by atoms with E-state index in [0.717, 1.165) is 0 Å². The monoisotopic (exact) mass is 252 g/mol. The minimum atomic E-state index is -0.336. The van der Waals surface area contributed by atoms with E-state index in [9.17, 15) is 4.79 Å². The molecule has 1 heterocycles. The first-order valence-electron chi connectivity index (χ1n) is 5.33. The zero-order valence-corrected chi connectivity index (χ0v) is 10.1. The molecule has 0 saturated carbocycles. The third-order valence-electron chi connectivity index (χ3n) is 2.56.